The van der Waals surface area contributed by atoms with Crippen LogP contribution in [-0.2, 0) is 16.1 Å². The van der Waals surface area contributed by atoms with Crippen LogP contribution in [0.2, 0.25) is 0 Å². The van der Waals surface area contributed by atoms with Gasteiger partial charge >= 0.3 is 6.16 Å². The van der Waals surface area contributed by atoms with Gasteiger partial charge in [-0.05, 0) is 19.4 Å². The first-order valence-electron chi connectivity index (χ1n) is 6.68. The van der Waals surface area contributed by atoms with Crippen LogP contribution < -0.4 is 0 Å². The minimum Gasteiger partial charge on any atom is -0.628 e. The molecule has 0 N–H and O–H groups in total. The van der Waals surface area contributed by atoms with Crippen molar-refractivity contribution in [2.24, 2.45) is 0 Å². The molecule has 0 saturated carbocycles. The normalized spacial score (nSPS) is 11.6. The standard InChI is InChI=1S/C15H21NO4/c1-3-16(18,4-2)11-8-12-19-15(17)20-13-14-9-6-5-7-10-14/h5-11H,3-4,12-13H2,1-2H3/b11-8+. The van der Waals surface area contributed by atoms with Crippen LogP contribution in [0.3, 0.4) is 0 Å². The van der Waals surface area contributed by atoms with Crippen molar-refractivity contribution in [2.75, 3.05) is 19.7 Å². The van der Waals surface area contributed by atoms with Gasteiger partial charge in [-0.3, -0.25) is 0 Å². The zero-order valence-corrected chi connectivity index (χ0v) is 12.0. The van der Waals surface area contributed by atoms with Crippen LogP contribution in [0.15, 0.2) is 42.6 Å². The Morgan fingerprint density at radius 2 is 1.85 bits per heavy atom. The average Bonchev–Trinajstić information content (AvgIpc) is 2.50. The first-order valence-corrected chi connectivity index (χ1v) is 6.68. The summed E-state index contributed by atoms with van der Waals surface area (Å²) in [4.78, 5) is 11.3. The van der Waals surface area contributed by atoms with Gasteiger partial charge in [-0.1, -0.05) is 30.3 Å². The van der Waals surface area contributed by atoms with Crippen LogP contribution in [0.1, 0.15) is 19.4 Å². The zero-order valence-electron chi connectivity index (χ0n) is 12.0. The summed E-state index contributed by atoms with van der Waals surface area (Å²) in [6.07, 6.45) is 2.30. The van der Waals surface area contributed by atoms with E-state index < -0.39 is 10.8 Å². The quantitative estimate of drug-likeness (QED) is 0.437. The second kappa shape index (κ2) is 8.35. The van der Waals surface area contributed by atoms with Crippen molar-refractivity contribution in [1.82, 2.24) is 0 Å². The van der Waals surface area contributed by atoms with Crippen LogP contribution in [0.5, 0.6) is 0 Å². The van der Waals surface area contributed by atoms with Gasteiger partial charge in [0.2, 0.25) is 0 Å². The summed E-state index contributed by atoms with van der Waals surface area (Å²) in [5, 5.41) is 11.9. The van der Waals surface area contributed by atoms with E-state index in [2.05, 4.69) is 0 Å². The van der Waals surface area contributed by atoms with Gasteiger partial charge in [-0.2, -0.15) is 0 Å². The highest BCUT2D eigenvalue weighted by atomic mass is 16.7. The molecule has 5 nitrogen and oxygen atoms in total. The van der Waals surface area contributed by atoms with E-state index in [9.17, 15) is 10.0 Å². The summed E-state index contributed by atoms with van der Waals surface area (Å²) in [7, 11) is 0. The van der Waals surface area contributed by atoms with Gasteiger partial charge in [-0.15, -0.1) is 0 Å². The van der Waals surface area contributed by atoms with Crippen molar-refractivity contribution < 1.29 is 18.9 Å². The predicted octanol–water partition coefficient (Wildman–Crippen LogP) is 3.21. The van der Waals surface area contributed by atoms with Crippen molar-refractivity contribution in [3.8, 4) is 0 Å². The second-order valence-corrected chi connectivity index (χ2v) is 4.30. The molecule has 1 rings (SSSR count). The number of hydroxylamine groups is 3. The van der Waals surface area contributed by atoms with E-state index in [0.717, 1.165) is 5.56 Å². The largest absolute Gasteiger partial charge is 0.628 e. The van der Waals surface area contributed by atoms with Gasteiger partial charge < -0.3 is 19.3 Å². The second-order valence-electron chi connectivity index (χ2n) is 4.30. The Labute approximate surface area is 119 Å². The maximum atomic E-state index is 11.9. The van der Waals surface area contributed by atoms with Gasteiger partial charge in [0.25, 0.3) is 0 Å². The molecule has 0 radical (unpaired) electrons. The van der Waals surface area contributed by atoms with E-state index in [1.165, 1.54) is 6.20 Å². The van der Waals surface area contributed by atoms with Gasteiger partial charge in [-0.25, -0.2) is 4.79 Å². The lowest BCUT2D eigenvalue weighted by atomic mass is 10.2. The van der Waals surface area contributed by atoms with Crippen molar-refractivity contribution >= 4 is 6.16 Å². The smallest absolute Gasteiger partial charge is 0.508 e. The molecule has 1 aromatic rings. The number of rotatable bonds is 7. The Kier molecular flexibility index (Phi) is 6.76. The molecule has 0 atom stereocenters. The van der Waals surface area contributed by atoms with E-state index in [-0.39, 0.29) is 13.2 Å². The van der Waals surface area contributed by atoms with Crippen molar-refractivity contribution in [3.05, 3.63) is 53.4 Å². The fourth-order valence-corrected chi connectivity index (χ4v) is 1.54. The molecule has 0 aliphatic rings. The number of nitrogens with zero attached hydrogens (tertiary/aromatic N) is 1. The minimum atomic E-state index is -0.740. The number of ether oxygens (including phenoxy) is 2. The lowest BCUT2D eigenvalue weighted by molar-refractivity contribution is -0.825. The average molecular weight is 279 g/mol. The zero-order chi connectivity index (χ0) is 14.8. The van der Waals surface area contributed by atoms with Crippen LogP contribution in [0.25, 0.3) is 0 Å². The SMILES string of the molecule is CC[N+]([O-])(/C=C/COC(=O)OCc1ccccc1)CC. The molecule has 20 heavy (non-hydrogen) atoms. The lowest BCUT2D eigenvalue weighted by Crippen LogP contribution is -2.35. The molecule has 0 amide bonds. The van der Waals surface area contributed by atoms with E-state index in [4.69, 9.17) is 9.47 Å². The Balaban J connectivity index is 2.25. The van der Waals surface area contributed by atoms with Crippen molar-refractivity contribution in [2.45, 2.75) is 20.5 Å². The summed E-state index contributed by atoms with van der Waals surface area (Å²) in [5.41, 5.74) is 0.896. The Hall–Kier alpha value is -1.85. The van der Waals surface area contributed by atoms with E-state index >= 15 is 0 Å². The fraction of sp³-hybridized carbons (Fsp3) is 0.400. The van der Waals surface area contributed by atoms with Crippen LogP contribution in [0, 0.1) is 5.21 Å². The molecular weight excluding hydrogens is 258 g/mol. The molecule has 0 bridgehead atoms. The summed E-state index contributed by atoms with van der Waals surface area (Å²) in [5.74, 6) is 0. The van der Waals surface area contributed by atoms with Gasteiger partial charge in [0, 0.05) is 6.08 Å². The van der Waals surface area contributed by atoms with Crippen LogP contribution in [0.4, 0.5) is 4.79 Å². The van der Waals surface area contributed by atoms with E-state index in [0.29, 0.717) is 13.1 Å². The number of hydrogen-bond acceptors (Lipinski definition) is 4. The molecule has 0 spiro atoms. The van der Waals surface area contributed by atoms with Gasteiger partial charge in [0.05, 0.1) is 19.3 Å². The van der Waals surface area contributed by atoms with Crippen molar-refractivity contribution in [3.63, 3.8) is 0 Å². The summed E-state index contributed by atoms with van der Waals surface area (Å²) in [6, 6.07) is 9.35. The molecule has 0 fully saturated rings. The van der Waals surface area contributed by atoms with Crippen molar-refractivity contribution in [1.29, 1.82) is 0 Å². The lowest BCUT2D eigenvalue weighted by Gasteiger charge is -2.36. The number of benzene rings is 1. The maximum absolute atomic E-state index is 11.9. The number of hydrogen-bond donors (Lipinski definition) is 0. The third kappa shape index (κ3) is 5.86. The topological polar surface area (TPSA) is 58.6 Å². The first kappa shape index (κ1) is 16.2. The van der Waals surface area contributed by atoms with E-state index in [1.807, 2.05) is 44.2 Å². The molecule has 1 aromatic carbocycles. The molecule has 0 aliphatic carbocycles. The fourth-order valence-electron chi connectivity index (χ4n) is 1.54. The minimum absolute atomic E-state index is 0.0376. The highest BCUT2D eigenvalue weighted by Gasteiger charge is 2.07. The third-order valence-corrected chi connectivity index (χ3v) is 2.94. The molecule has 0 heterocycles. The van der Waals surface area contributed by atoms with Gasteiger partial charge in [0.15, 0.2) is 0 Å². The molecule has 5 heteroatoms. The highest BCUT2D eigenvalue weighted by molar-refractivity contribution is 5.60. The monoisotopic (exact) mass is 279 g/mol. The first-order chi connectivity index (χ1) is 9.59. The number of carbonyl (C=O) groups is 1. The highest BCUT2D eigenvalue weighted by Crippen LogP contribution is 2.04. The summed E-state index contributed by atoms with van der Waals surface area (Å²) in [6.45, 7) is 4.74. The molecule has 110 valence electrons. The summed E-state index contributed by atoms with van der Waals surface area (Å²) >= 11 is 0. The van der Waals surface area contributed by atoms with Gasteiger partial charge in [0.1, 0.15) is 13.2 Å². The predicted molar refractivity (Wildman–Crippen MR) is 76.4 cm³/mol. The Bertz CT molecular complexity index is 427. The van der Waals surface area contributed by atoms with Crippen LogP contribution in [-0.4, -0.2) is 30.5 Å². The third-order valence-electron chi connectivity index (χ3n) is 2.94. The Morgan fingerprint density at radius 3 is 2.45 bits per heavy atom. The van der Waals surface area contributed by atoms with Crippen LogP contribution >= 0.6 is 0 Å². The molecule has 0 aromatic heterocycles. The molecule has 0 unspecified atom stereocenters. The maximum Gasteiger partial charge on any atom is 0.508 e. The van der Waals surface area contributed by atoms with E-state index in [1.54, 1.807) is 6.08 Å². The number of quaternary nitrogens is 1. The summed E-state index contributed by atoms with van der Waals surface area (Å²) < 4.78 is 9.36. The number of carbonyl (C=O) groups excluding carboxylic acids is 1. The molecule has 0 aliphatic heterocycles. The Morgan fingerprint density at radius 1 is 1.20 bits per heavy atom. The molecular formula is C15H21NO4. The molecule has 0 saturated heterocycles.